The Bertz CT molecular complexity index is 630. The molecule has 2 heteroatoms. The van der Waals surface area contributed by atoms with Gasteiger partial charge >= 0.3 is 0 Å². The fourth-order valence-electron chi connectivity index (χ4n) is 6.86. The van der Waals surface area contributed by atoms with Crippen LogP contribution in [0, 0.1) is 34.5 Å². The van der Waals surface area contributed by atoms with Gasteiger partial charge in [0.1, 0.15) is 11.6 Å². The van der Waals surface area contributed by atoms with Crippen molar-refractivity contribution in [3.8, 4) is 0 Å². The average Bonchev–Trinajstić information content (AvgIpc) is 2.85. The Hall–Kier alpha value is -1.18. The highest BCUT2D eigenvalue weighted by atomic mass is 16.1. The van der Waals surface area contributed by atoms with Crippen molar-refractivity contribution in [2.24, 2.45) is 34.5 Å². The zero-order valence-electron chi connectivity index (χ0n) is 15.1. The van der Waals surface area contributed by atoms with E-state index in [2.05, 4.69) is 26.5 Å². The zero-order chi connectivity index (χ0) is 17.1. The minimum absolute atomic E-state index is 0.0616. The molecule has 6 atom stereocenters. The molecule has 0 radical (unpaired) electrons. The molecule has 4 aliphatic carbocycles. The quantitative estimate of drug-likeness (QED) is 0.677. The number of ketones is 2. The van der Waals surface area contributed by atoms with E-state index in [4.69, 9.17) is 0 Å². The first-order valence-electron chi connectivity index (χ1n) is 9.76. The van der Waals surface area contributed by atoms with E-state index in [9.17, 15) is 9.59 Å². The van der Waals surface area contributed by atoms with Crippen LogP contribution in [-0.2, 0) is 9.59 Å². The first kappa shape index (κ1) is 16.3. The summed E-state index contributed by atoms with van der Waals surface area (Å²) >= 11 is 0. The van der Waals surface area contributed by atoms with Crippen molar-refractivity contribution in [1.29, 1.82) is 0 Å². The van der Waals surface area contributed by atoms with Crippen molar-refractivity contribution < 1.29 is 9.59 Å². The fraction of sp³-hybridized carbons (Fsp3) is 0.727. The second-order valence-corrected chi connectivity index (χ2v) is 9.25. The summed E-state index contributed by atoms with van der Waals surface area (Å²) in [5.41, 5.74) is 1.51. The highest BCUT2D eigenvalue weighted by Gasteiger charge is 2.59. The summed E-state index contributed by atoms with van der Waals surface area (Å²) in [4.78, 5) is 25.0. The molecule has 24 heavy (non-hydrogen) atoms. The van der Waals surface area contributed by atoms with Gasteiger partial charge in [0.05, 0.1) is 0 Å². The van der Waals surface area contributed by atoms with Gasteiger partial charge in [0.2, 0.25) is 0 Å². The molecule has 0 aromatic rings. The van der Waals surface area contributed by atoms with Crippen molar-refractivity contribution in [1.82, 2.24) is 0 Å². The van der Waals surface area contributed by atoms with Crippen molar-refractivity contribution in [3.05, 3.63) is 24.3 Å². The molecule has 0 aliphatic heterocycles. The van der Waals surface area contributed by atoms with Gasteiger partial charge in [0, 0.05) is 24.2 Å². The zero-order valence-corrected chi connectivity index (χ0v) is 15.1. The predicted octanol–water partition coefficient (Wildman–Crippen LogP) is 4.89. The number of hydrogen-bond donors (Lipinski definition) is 0. The van der Waals surface area contributed by atoms with Crippen LogP contribution >= 0.6 is 0 Å². The van der Waals surface area contributed by atoms with Gasteiger partial charge in [-0.2, -0.15) is 0 Å². The molecule has 0 amide bonds. The van der Waals surface area contributed by atoms with E-state index in [0.29, 0.717) is 35.7 Å². The largest absolute Gasteiger partial charge is 0.299 e. The van der Waals surface area contributed by atoms with Gasteiger partial charge in [-0.1, -0.05) is 31.6 Å². The van der Waals surface area contributed by atoms with Crippen molar-refractivity contribution in [3.63, 3.8) is 0 Å². The van der Waals surface area contributed by atoms with Gasteiger partial charge in [-0.05, 0) is 61.7 Å². The summed E-state index contributed by atoms with van der Waals surface area (Å²) in [6.45, 7) is 8.50. The minimum Gasteiger partial charge on any atom is -0.299 e. The predicted molar refractivity (Wildman–Crippen MR) is 95.4 cm³/mol. The molecule has 1 unspecified atom stereocenters. The first-order chi connectivity index (χ1) is 11.4. The van der Waals surface area contributed by atoms with Crippen molar-refractivity contribution in [2.45, 2.75) is 65.2 Å². The highest BCUT2D eigenvalue weighted by Crippen LogP contribution is 2.64. The molecule has 0 spiro atoms. The number of rotatable bonds is 2. The molecule has 3 saturated carbocycles. The third-order valence-corrected chi connectivity index (χ3v) is 8.28. The normalized spacial score (nSPS) is 47.5. The second-order valence-electron chi connectivity index (χ2n) is 9.25. The third-order valence-electron chi connectivity index (χ3n) is 8.28. The van der Waals surface area contributed by atoms with Gasteiger partial charge in [-0.15, -0.1) is 6.58 Å². The number of hydrogen-bond acceptors (Lipinski definition) is 2. The molecular weight excluding hydrogens is 296 g/mol. The van der Waals surface area contributed by atoms with Gasteiger partial charge in [0.15, 0.2) is 0 Å². The summed E-state index contributed by atoms with van der Waals surface area (Å²) in [5, 5.41) is 0. The fourth-order valence-corrected chi connectivity index (χ4v) is 6.86. The van der Waals surface area contributed by atoms with Gasteiger partial charge in [0.25, 0.3) is 0 Å². The van der Waals surface area contributed by atoms with Crippen molar-refractivity contribution >= 4 is 11.6 Å². The van der Waals surface area contributed by atoms with E-state index in [1.165, 1.54) is 5.57 Å². The van der Waals surface area contributed by atoms with E-state index < -0.39 is 0 Å². The Kier molecular flexibility index (Phi) is 3.67. The lowest BCUT2D eigenvalue weighted by atomic mass is 9.47. The standard InChI is InChI=1S/C22H30O2/c1-4-5-14-13-22(3)15(12-19(14)23)6-7-16-17-8-9-20(24)21(17,2)11-10-18(16)22/h4,6,14,16-18H,1,5,7-13H2,2-3H3/t14?,16-,17-,18-,21-,22-/m0/s1. The molecule has 0 saturated heterocycles. The van der Waals surface area contributed by atoms with Crippen LogP contribution in [-0.4, -0.2) is 11.6 Å². The molecule has 0 bridgehead atoms. The van der Waals surface area contributed by atoms with E-state index in [0.717, 1.165) is 44.9 Å². The molecule has 2 nitrogen and oxygen atoms in total. The molecule has 130 valence electrons. The Morgan fingerprint density at radius 3 is 2.71 bits per heavy atom. The van der Waals surface area contributed by atoms with Crippen LogP contribution in [0.2, 0.25) is 0 Å². The van der Waals surface area contributed by atoms with Crippen LogP contribution in [0.15, 0.2) is 24.3 Å². The molecule has 0 N–H and O–H groups in total. The lowest BCUT2D eigenvalue weighted by Crippen LogP contribution is -2.51. The van der Waals surface area contributed by atoms with Crippen LogP contribution in [0.3, 0.4) is 0 Å². The minimum atomic E-state index is -0.0616. The average molecular weight is 326 g/mol. The van der Waals surface area contributed by atoms with E-state index in [-0.39, 0.29) is 16.7 Å². The molecule has 0 aromatic carbocycles. The lowest BCUT2D eigenvalue weighted by molar-refractivity contribution is -0.133. The smallest absolute Gasteiger partial charge is 0.140 e. The molecular formula is C22H30O2. The Morgan fingerprint density at radius 2 is 1.96 bits per heavy atom. The van der Waals surface area contributed by atoms with Crippen molar-refractivity contribution in [2.75, 3.05) is 0 Å². The third kappa shape index (κ3) is 2.07. The van der Waals surface area contributed by atoms with E-state index in [1.54, 1.807) is 0 Å². The van der Waals surface area contributed by atoms with Crippen LogP contribution in [0.5, 0.6) is 0 Å². The molecule has 0 heterocycles. The molecule has 3 fully saturated rings. The Balaban J connectivity index is 1.68. The van der Waals surface area contributed by atoms with Crippen LogP contribution in [0.25, 0.3) is 0 Å². The number of carbonyl (C=O) groups excluding carboxylic acids is 2. The first-order valence-corrected chi connectivity index (χ1v) is 9.76. The monoisotopic (exact) mass is 326 g/mol. The van der Waals surface area contributed by atoms with Crippen LogP contribution in [0.1, 0.15) is 65.2 Å². The molecule has 4 aliphatic rings. The summed E-state index contributed by atoms with van der Waals surface area (Å²) in [5.74, 6) is 2.93. The molecule has 0 aromatic heterocycles. The summed E-state index contributed by atoms with van der Waals surface area (Å²) < 4.78 is 0. The summed E-state index contributed by atoms with van der Waals surface area (Å²) in [7, 11) is 0. The number of allylic oxidation sites excluding steroid dienone is 3. The van der Waals surface area contributed by atoms with E-state index in [1.807, 2.05) is 6.08 Å². The number of carbonyl (C=O) groups is 2. The lowest BCUT2D eigenvalue weighted by Gasteiger charge is -2.57. The summed E-state index contributed by atoms with van der Waals surface area (Å²) in [6, 6.07) is 0. The number of fused-ring (bicyclic) bond motifs is 5. The highest BCUT2D eigenvalue weighted by molar-refractivity contribution is 5.87. The van der Waals surface area contributed by atoms with E-state index >= 15 is 0 Å². The molecule has 4 rings (SSSR count). The van der Waals surface area contributed by atoms with Crippen LogP contribution < -0.4 is 0 Å². The van der Waals surface area contributed by atoms with Gasteiger partial charge in [-0.25, -0.2) is 0 Å². The second kappa shape index (κ2) is 5.41. The maximum Gasteiger partial charge on any atom is 0.140 e. The Morgan fingerprint density at radius 1 is 1.21 bits per heavy atom. The maximum atomic E-state index is 12.5. The SMILES string of the molecule is C=CCC1C[C@@]2(C)C(=CC[C@@H]3[C@@H]2CC[C@]2(C)C(=O)CC[C@@H]32)CC1=O. The number of Topliss-reactive ketones (excluding diaryl/α,β-unsaturated/α-hetero) is 2. The van der Waals surface area contributed by atoms with Crippen LogP contribution in [0.4, 0.5) is 0 Å². The maximum absolute atomic E-state index is 12.5. The van der Waals surface area contributed by atoms with Gasteiger partial charge < -0.3 is 0 Å². The Labute approximate surface area is 145 Å². The summed E-state index contributed by atoms with van der Waals surface area (Å²) in [6.07, 6.45) is 11.9. The van der Waals surface area contributed by atoms with Gasteiger partial charge in [-0.3, -0.25) is 9.59 Å². The topological polar surface area (TPSA) is 34.1 Å².